The van der Waals surface area contributed by atoms with Gasteiger partial charge in [0.15, 0.2) is 6.61 Å². The summed E-state index contributed by atoms with van der Waals surface area (Å²) in [6.45, 7) is 6.45. The van der Waals surface area contributed by atoms with Crippen molar-refractivity contribution in [2.75, 3.05) is 13.2 Å². The van der Waals surface area contributed by atoms with Crippen LogP contribution in [-0.4, -0.2) is 25.0 Å². The lowest BCUT2D eigenvalue weighted by molar-refractivity contribution is -0.123. The molecule has 0 saturated heterocycles. The summed E-state index contributed by atoms with van der Waals surface area (Å²) in [5, 5.41) is 0. The maximum Gasteiger partial charge on any atom is 0.276 e. The molecule has 6 nitrogen and oxygen atoms in total. The first-order valence-electron chi connectivity index (χ1n) is 11.0. The number of carbonyl (C=O) groups is 2. The van der Waals surface area contributed by atoms with Gasteiger partial charge in [-0.3, -0.25) is 20.4 Å². The average Bonchev–Trinajstić information content (AvgIpc) is 2.82. The van der Waals surface area contributed by atoms with Crippen molar-refractivity contribution in [3.63, 3.8) is 0 Å². The Labute approximate surface area is 194 Å². The Morgan fingerprint density at radius 3 is 2.30 bits per heavy atom. The maximum atomic E-state index is 12.3. The third-order valence-electron chi connectivity index (χ3n) is 5.08. The number of nitrogens with one attached hydrogen (secondary N) is 2. The normalized spacial score (nSPS) is 10.5. The molecule has 0 spiro atoms. The van der Waals surface area contributed by atoms with Crippen LogP contribution in [0, 0.1) is 6.92 Å². The molecule has 3 rings (SSSR count). The molecule has 0 radical (unpaired) electrons. The minimum Gasteiger partial charge on any atom is -0.493 e. The van der Waals surface area contributed by atoms with E-state index in [1.807, 2.05) is 43.3 Å². The molecule has 172 valence electrons. The molecule has 2 N–H and O–H groups in total. The number of benzene rings is 3. The fourth-order valence-corrected chi connectivity index (χ4v) is 3.26. The second kappa shape index (κ2) is 11.7. The Kier molecular flexibility index (Phi) is 8.47. The Bertz CT molecular complexity index is 1060. The van der Waals surface area contributed by atoms with Gasteiger partial charge in [0.05, 0.1) is 6.61 Å². The van der Waals surface area contributed by atoms with Crippen LogP contribution in [0.3, 0.4) is 0 Å². The molecule has 0 aliphatic carbocycles. The summed E-state index contributed by atoms with van der Waals surface area (Å²) >= 11 is 0. The number of hydrogen-bond donors (Lipinski definition) is 2. The van der Waals surface area contributed by atoms with Crippen molar-refractivity contribution < 1.29 is 19.1 Å². The number of carbonyl (C=O) groups excluding carboxylic acids is 2. The molecule has 0 fully saturated rings. The Morgan fingerprint density at radius 2 is 1.61 bits per heavy atom. The molecule has 3 aromatic rings. The predicted molar refractivity (Wildman–Crippen MR) is 128 cm³/mol. The van der Waals surface area contributed by atoms with Crippen LogP contribution in [0.1, 0.15) is 46.8 Å². The lowest BCUT2D eigenvalue weighted by Gasteiger charge is -2.15. The summed E-state index contributed by atoms with van der Waals surface area (Å²) < 4.78 is 11.4. The summed E-state index contributed by atoms with van der Waals surface area (Å²) in [6, 6.07) is 22.8. The van der Waals surface area contributed by atoms with E-state index in [1.165, 1.54) is 5.56 Å². The van der Waals surface area contributed by atoms with Gasteiger partial charge in [0.25, 0.3) is 11.8 Å². The van der Waals surface area contributed by atoms with Crippen molar-refractivity contribution in [1.82, 2.24) is 10.9 Å². The molecule has 33 heavy (non-hydrogen) atoms. The summed E-state index contributed by atoms with van der Waals surface area (Å²) in [6.07, 6.45) is 0.804. The first-order chi connectivity index (χ1) is 15.9. The van der Waals surface area contributed by atoms with Gasteiger partial charge in [-0.1, -0.05) is 56.3 Å². The number of rotatable bonds is 9. The van der Waals surface area contributed by atoms with Gasteiger partial charge >= 0.3 is 0 Å². The van der Waals surface area contributed by atoms with Gasteiger partial charge in [0.2, 0.25) is 0 Å². The fourth-order valence-electron chi connectivity index (χ4n) is 3.26. The van der Waals surface area contributed by atoms with Crippen molar-refractivity contribution >= 4 is 11.8 Å². The zero-order valence-corrected chi connectivity index (χ0v) is 19.3. The molecule has 0 aromatic heterocycles. The van der Waals surface area contributed by atoms with Crippen molar-refractivity contribution in [2.24, 2.45) is 0 Å². The van der Waals surface area contributed by atoms with Crippen molar-refractivity contribution in [2.45, 2.75) is 33.1 Å². The second-order valence-corrected chi connectivity index (χ2v) is 8.10. The van der Waals surface area contributed by atoms with Crippen LogP contribution in [-0.2, 0) is 11.2 Å². The molecule has 0 aliphatic rings. The zero-order valence-electron chi connectivity index (χ0n) is 19.3. The lowest BCUT2D eigenvalue weighted by atomic mass is 10.0. The van der Waals surface area contributed by atoms with Crippen LogP contribution in [0.25, 0.3) is 0 Å². The van der Waals surface area contributed by atoms with E-state index in [2.05, 4.69) is 36.8 Å². The highest BCUT2D eigenvalue weighted by molar-refractivity contribution is 5.95. The Hall–Kier alpha value is -3.80. The van der Waals surface area contributed by atoms with E-state index in [0.29, 0.717) is 23.7 Å². The standard InChI is InChI=1S/C27H30N2O4/c1-19(2)24-14-9-20(3)17-25(24)33-18-26(30)28-29-27(31)22-10-12-23(13-11-22)32-16-15-21-7-5-4-6-8-21/h4-14,17,19H,15-16,18H2,1-3H3,(H,28,30)(H,29,31). The summed E-state index contributed by atoms with van der Waals surface area (Å²) in [7, 11) is 0. The second-order valence-electron chi connectivity index (χ2n) is 8.10. The Morgan fingerprint density at radius 1 is 0.879 bits per heavy atom. The third kappa shape index (κ3) is 7.38. The van der Waals surface area contributed by atoms with Gasteiger partial charge in [-0.2, -0.15) is 0 Å². The minimum atomic E-state index is -0.444. The monoisotopic (exact) mass is 446 g/mol. The summed E-state index contributed by atoms with van der Waals surface area (Å²) in [5.41, 5.74) is 8.49. The van der Waals surface area contributed by atoms with Crippen molar-refractivity contribution in [3.05, 3.63) is 95.1 Å². The van der Waals surface area contributed by atoms with Gasteiger partial charge in [0, 0.05) is 12.0 Å². The van der Waals surface area contributed by atoms with Gasteiger partial charge in [-0.05, 0) is 59.9 Å². The SMILES string of the molecule is Cc1ccc(C(C)C)c(OCC(=O)NNC(=O)c2ccc(OCCc3ccccc3)cc2)c1. The Balaban J connectivity index is 1.43. The topological polar surface area (TPSA) is 76.7 Å². The largest absolute Gasteiger partial charge is 0.493 e. The van der Waals surface area contributed by atoms with Crippen LogP contribution in [0.5, 0.6) is 11.5 Å². The first kappa shape index (κ1) is 23.9. The maximum absolute atomic E-state index is 12.3. The van der Waals surface area contributed by atoms with Crippen LogP contribution >= 0.6 is 0 Å². The van der Waals surface area contributed by atoms with E-state index in [9.17, 15) is 9.59 Å². The zero-order chi connectivity index (χ0) is 23.6. The molecule has 0 unspecified atom stereocenters. The summed E-state index contributed by atoms with van der Waals surface area (Å²) in [5.74, 6) is 0.764. The highest BCUT2D eigenvalue weighted by Crippen LogP contribution is 2.27. The van der Waals surface area contributed by atoms with Crippen LogP contribution in [0.2, 0.25) is 0 Å². The number of hydrazine groups is 1. The molecule has 0 heterocycles. The highest BCUT2D eigenvalue weighted by Gasteiger charge is 2.12. The van der Waals surface area contributed by atoms with Crippen LogP contribution < -0.4 is 20.3 Å². The molecule has 0 aliphatic heterocycles. The summed E-state index contributed by atoms with van der Waals surface area (Å²) in [4.78, 5) is 24.5. The molecule has 2 amide bonds. The minimum absolute atomic E-state index is 0.197. The van der Waals surface area contributed by atoms with Crippen LogP contribution in [0.15, 0.2) is 72.8 Å². The molecule has 6 heteroatoms. The van der Waals surface area contributed by atoms with E-state index in [1.54, 1.807) is 24.3 Å². The van der Waals surface area contributed by atoms with Crippen molar-refractivity contribution in [3.8, 4) is 11.5 Å². The smallest absolute Gasteiger partial charge is 0.276 e. The van der Waals surface area contributed by atoms with Crippen LogP contribution in [0.4, 0.5) is 0 Å². The van der Waals surface area contributed by atoms with Gasteiger partial charge in [-0.25, -0.2) is 0 Å². The predicted octanol–water partition coefficient (Wildman–Crippen LogP) is 4.58. The molecular weight excluding hydrogens is 416 g/mol. The highest BCUT2D eigenvalue weighted by atomic mass is 16.5. The molecule has 0 saturated carbocycles. The van der Waals surface area contributed by atoms with Gasteiger partial charge in [0.1, 0.15) is 11.5 Å². The van der Waals surface area contributed by atoms with Gasteiger partial charge < -0.3 is 9.47 Å². The van der Waals surface area contributed by atoms with E-state index in [4.69, 9.17) is 9.47 Å². The fraction of sp³-hybridized carbons (Fsp3) is 0.259. The van der Waals surface area contributed by atoms with E-state index in [-0.39, 0.29) is 12.5 Å². The number of amides is 2. The van der Waals surface area contributed by atoms with E-state index in [0.717, 1.165) is 17.5 Å². The van der Waals surface area contributed by atoms with Crippen molar-refractivity contribution in [1.29, 1.82) is 0 Å². The molecule has 0 bridgehead atoms. The van der Waals surface area contributed by atoms with Gasteiger partial charge in [-0.15, -0.1) is 0 Å². The number of ether oxygens (including phenoxy) is 2. The quantitative estimate of drug-likeness (QED) is 0.472. The lowest BCUT2D eigenvalue weighted by Crippen LogP contribution is -2.43. The van der Waals surface area contributed by atoms with E-state index < -0.39 is 11.8 Å². The average molecular weight is 447 g/mol. The van der Waals surface area contributed by atoms with E-state index >= 15 is 0 Å². The third-order valence-corrected chi connectivity index (χ3v) is 5.08. The molecular formula is C27H30N2O4. The molecule has 3 aromatic carbocycles. The first-order valence-corrected chi connectivity index (χ1v) is 11.0. The molecule has 0 atom stereocenters. The number of aryl methyl sites for hydroxylation is 1. The number of hydrogen-bond acceptors (Lipinski definition) is 4.